The van der Waals surface area contributed by atoms with Crippen molar-refractivity contribution in [3.8, 4) is 34.5 Å². The van der Waals surface area contributed by atoms with E-state index >= 15 is 0 Å². The van der Waals surface area contributed by atoms with Crippen molar-refractivity contribution >= 4 is 23.4 Å². The second-order valence-electron chi connectivity index (χ2n) is 19.6. The van der Waals surface area contributed by atoms with Gasteiger partial charge < -0.3 is 29.2 Å². The van der Waals surface area contributed by atoms with Crippen molar-refractivity contribution in [2.45, 2.75) is 124 Å². The van der Waals surface area contributed by atoms with Crippen LogP contribution in [0.3, 0.4) is 0 Å². The van der Waals surface area contributed by atoms with Crippen molar-refractivity contribution in [1.82, 2.24) is 4.98 Å². The monoisotopic (exact) mass is 1050 g/mol. The normalized spacial score (nSPS) is 14.8. The summed E-state index contributed by atoms with van der Waals surface area (Å²) in [7, 11) is 0. The number of aliphatic carboxylic acids is 1. The Kier molecular flexibility index (Phi) is 21.1. The Labute approximate surface area is 459 Å². The molecule has 2 heterocycles. The van der Waals surface area contributed by atoms with E-state index in [9.17, 15) is 24.6 Å². The van der Waals surface area contributed by atoms with Crippen LogP contribution in [0.5, 0.6) is 34.5 Å². The van der Waals surface area contributed by atoms with E-state index in [-0.39, 0.29) is 23.7 Å². The van der Waals surface area contributed by atoms with Gasteiger partial charge in [0.2, 0.25) is 5.78 Å². The number of aliphatic imine (C=N–C) groups is 1. The second-order valence-corrected chi connectivity index (χ2v) is 19.6. The Morgan fingerprint density at radius 2 is 1.10 bits per heavy atom. The van der Waals surface area contributed by atoms with Crippen molar-refractivity contribution in [3.63, 3.8) is 0 Å². The average molecular weight is 1050 g/mol. The predicted octanol–water partition coefficient (Wildman–Crippen LogP) is 16.5. The zero-order valence-electron chi connectivity index (χ0n) is 45.6. The van der Waals surface area contributed by atoms with Gasteiger partial charge in [-0.25, -0.2) is 9.79 Å². The highest BCUT2D eigenvalue weighted by Gasteiger charge is 2.54. The molecule has 0 spiro atoms. The van der Waals surface area contributed by atoms with Gasteiger partial charge in [-0.2, -0.15) is 0 Å². The molecule has 11 nitrogen and oxygen atoms in total. The molecule has 0 bridgehead atoms. The largest absolute Gasteiger partial charge is 0.486 e. The van der Waals surface area contributed by atoms with Gasteiger partial charge in [0.25, 0.3) is 0 Å². The van der Waals surface area contributed by atoms with Gasteiger partial charge in [-0.05, 0) is 116 Å². The number of ketones is 1. The Balaban J connectivity index is 0.000000231. The third-order valence-electron chi connectivity index (χ3n) is 13.9. The lowest BCUT2D eigenvalue weighted by atomic mass is 9.67. The Morgan fingerprint density at radius 1 is 0.564 bits per heavy atom. The molecule has 404 valence electrons. The summed E-state index contributed by atoms with van der Waals surface area (Å²) in [6.45, 7) is 10.1. The van der Waals surface area contributed by atoms with Crippen LogP contribution in [0.1, 0.15) is 141 Å². The van der Waals surface area contributed by atoms with Crippen LogP contribution in [0.2, 0.25) is 0 Å². The standard InChI is InChI=1S/C37H43NO5.C30H29NO4/c1-4-6-7-8-9-16-25-37(36(40)41)27(3)33(38-32(18-5-2)35(37)43-30-22-14-11-15-23-30)34(39)28-19-17-24-31(26-28)42-29-20-12-10-13-21-29;1-3-11-26-29(34-20-22-12-6-4-7-13-22)28(30(32)33)21(2)27(31-26)19-23-14-10-17-25(18-23)35-24-15-8-5-9-16-24/h10-15,17,19-24,26,35H,4-9,16,18,25H2,1-3H3,(H,40,41);4-10,12-18H,3,11,19-20H2,1-2H3,(H,32,33). The average Bonchev–Trinajstić information content (AvgIpc) is 3.65. The number of nitrogens with zero attached hydrogens (tertiary/aromatic N) is 2. The first kappa shape index (κ1) is 57.4. The van der Waals surface area contributed by atoms with Crippen LogP contribution in [-0.2, 0) is 24.2 Å². The van der Waals surface area contributed by atoms with Gasteiger partial charge >= 0.3 is 11.9 Å². The minimum atomic E-state index is -1.43. The first-order valence-electron chi connectivity index (χ1n) is 27.3. The number of Topliss-reactive ketones (excluding diaryl/α,β-unsaturated/α-hetero) is 1. The number of pyridine rings is 1. The molecule has 78 heavy (non-hydrogen) atoms. The minimum Gasteiger partial charge on any atom is -0.486 e. The number of ether oxygens (including phenoxy) is 4. The summed E-state index contributed by atoms with van der Waals surface area (Å²) < 4.78 is 24.5. The third kappa shape index (κ3) is 15.0. The number of hydrogen-bond acceptors (Lipinski definition) is 9. The SMILES string of the molecule is CCCCCCCCC1(C(=O)O)C(C)=C(C(=O)c2cccc(Oc3ccccc3)c2)N=C(CCC)C1Oc1ccccc1.CCCc1nc(Cc2cccc(Oc3ccccc3)c2)c(C)c(C(=O)O)c1OCc1ccccc1. The summed E-state index contributed by atoms with van der Waals surface area (Å²) in [6, 6.07) is 52.8. The number of aromatic carboxylic acids is 1. The predicted molar refractivity (Wildman–Crippen MR) is 308 cm³/mol. The first-order chi connectivity index (χ1) is 37.9. The third-order valence-corrected chi connectivity index (χ3v) is 13.9. The summed E-state index contributed by atoms with van der Waals surface area (Å²) in [6.07, 6.45) is 8.86. The Morgan fingerprint density at radius 3 is 1.69 bits per heavy atom. The maximum absolute atomic E-state index is 14.1. The molecular weight excluding hydrogens is 977 g/mol. The fourth-order valence-corrected chi connectivity index (χ4v) is 9.81. The van der Waals surface area contributed by atoms with E-state index in [2.05, 4.69) is 6.92 Å². The molecule has 2 N–H and O–H groups in total. The quantitative estimate of drug-likeness (QED) is 0.0396. The number of benzene rings is 6. The number of carboxylic acids is 2. The zero-order valence-corrected chi connectivity index (χ0v) is 45.6. The lowest BCUT2D eigenvalue weighted by molar-refractivity contribution is -0.150. The van der Waals surface area contributed by atoms with Gasteiger partial charge in [0.1, 0.15) is 52.0 Å². The maximum atomic E-state index is 14.1. The fourth-order valence-electron chi connectivity index (χ4n) is 9.81. The van der Waals surface area contributed by atoms with Crippen molar-refractivity contribution in [3.05, 3.63) is 220 Å². The van der Waals surface area contributed by atoms with E-state index in [1.54, 1.807) is 38.1 Å². The number of aryl methyl sites for hydroxylation is 1. The molecule has 0 radical (unpaired) electrons. The number of carboxylic acid groups (broad SMARTS) is 2. The Bertz CT molecular complexity index is 3140. The number of allylic oxidation sites excluding steroid dienone is 1. The second kappa shape index (κ2) is 28.7. The molecular formula is C67H72N2O9. The Hall–Kier alpha value is -8.31. The van der Waals surface area contributed by atoms with E-state index < -0.39 is 23.5 Å². The fraction of sp³-hybridized carbons (Fsp3) is 0.299. The topological polar surface area (TPSA) is 154 Å². The number of carbonyl (C=O) groups excluding carboxylic acids is 1. The maximum Gasteiger partial charge on any atom is 0.339 e. The van der Waals surface area contributed by atoms with Gasteiger partial charge in [0, 0.05) is 17.7 Å². The summed E-state index contributed by atoms with van der Waals surface area (Å²) in [5.74, 6) is 1.29. The molecule has 0 aliphatic carbocycles. The van der Waals surface area contributed by atoms with Crippen LogP contribution < -0.4 is 18.9 Å². The molecule has 0 saturated carbocycles. The van der Waals surface area contributed by atoms with Crippen molar-refractivity contribution < 1.29 is 43.5 Å². The summed E-state index contributed by atoms with van der Waals surface area (Å²) >= 11 is 0. The molecule has 0 fully saturated rings. The lowest BCUT2D eigenvalue weighted by Gasteiger charge is -2.42. The number of carbonyl (C=O) groups is 3. The van der Waals surface area contributed by atoms with E-state index in [0.717, 1.165) is 66.8 Å². The van der Waals surface area contributed by atoms with Crippen LogP contribution in [0.15, 0.2) is 186 Å². The molecule has 0 saturated heterocycles. The molecule has 6 aromatic carbocycles. The highest BCUT2D eigenvalue weighted by molar-refractivity contribution is 6.13. The number of unbranched alkanes of at least 4 members (excludes halogenated alkanes) is 5. The number of hydrogen-bond donors (Lipinski definition) is 2. The van der Waals surface area contributed by atoms with Gasteiger partial charge in [0.15, 0.2) is 11.9 Å². The molecule has 2 unspecified atom stereocenters. The highest BCUT2D eigenvalue weighted by atomic mass is 16.5. The molecule has 7 aromatic rings. The molecule has 1 aliphatic heterocycles. The minimum absolute atomic E-state index is 0.182. The van der Waals surface area contributed by atoms with Crippen molar-refractivity contribution in [1.29, 1.82) is 0 Å². The molecule has 11 heteroatoms. The van der Waals surface area contributed by atoms with E-state index in [4.69, 9.17) is 28.9 Å². The lowest BCUT2D eigenvalue weighted by Crippen LogP contribution is -2.53. The molecule has 1 aliphatic rings. The van der Waals surface area contributed by atoms with Crippen molar-refractivity contribution in [2.24, 2.45) is 10.4 Å². The van der Waals surface area contributed by atoms with Crippen LogP contribution in [-0.4, -0.2) is 44.7 Å². The van der Waals surface area contributed by atoms with E-state index in [1.807, 2.05) is 159 Å². The van der Waals surface area contributed by atoms with Gasteiger partial charge in [-0.3, -0.25) is 14.6 Å². The van der Waals surface area contributed by atoms with Crippen LogP contribution in [0, 0.1) is 12.3 Å². The highest BCUT2D eigenvalue weighted by Crippen LogP contribution is 2.46. The molecule has 2 atom stereocenters. The number of para-hydroxylation sites is 3. The van der Waals surface area contributed by atoms with Gasteiger partial charge in [0.05, 0.1) is 11.4 Å². The van der Waals surface area contributed by atoms with E-state index in [0.29, 0.717) is 83.2 Å². The van der Waals surface area contributed by atoms with E-state index in [1.165, 1.54) is 6.42 Å². The van der Waals surface area contributed by atoms with Crippen LogP contribution >= 0.6 is 0 Å². The molecule has 1 aromatic heterocycles. The number of aromatic nitrogens is 1. The molecule has 0 amide bonds. The van der Waals surface area contributed by atoms with Gasteiger partial charge in [-0.1, -0.05) is 181 Å². The zero-order chi connectivity index (χ0) is 55.3. The first-order valence-corrected chi connectivity index (χ1v) is 27.3. The molecule has 8 rings (SSSR count). The summed E-state index contributed by atoms with van der Waals surface area (Å²) in [5.41, 5.74) is 4.35. The van der Waals surface area contributed by atoms with Crippen molar-refractivity contribution in [2.75, 3.05) is 0 Å². The smallest absolute Gasteiger partial charge is 0.339 e. The van der Waals surface area contributed by atoms with Crippen LogP contribution in [0.4, 0.5) is 0 Å². The number of rotatable bonds is 26. The summed E-state index contributed by atoms with van der Waals surface area (Å²) in [5, 5.41) is 21.1. The van der Waals surface area contributed by atoms with Gasteiger partial charge in [-0.15, -0.1) is 0 Å². The summed E-state index contributed by atoms with van der Waals surface area (Å²) in [4.78, 5) is 49.7. The van der Waals surface area contributed by atoms with Crippen LogP contribution in [0.25, 0.3) is 0 Å².